The number of amides is 2. The van der Waals surface area contributed by atoms with Crippen molar-refractivity contribution in [2.45, 2.75) is 45.6 Å². The number of unbranched alkanes of at least 4 members (excludes halogenated alkanes) is 1. The second kappa shape index (κ2) is 11.5. The number of nitrogens with one attached hydrogen (secondary N) is 1. The molecule has 0 bridgehead atoms. The predicted molar refractivity (Wildman–Crippen MR) is 114 cm³/mol. The van der Waals surface area contributed by atoms with Crippen molar-refractivity contribution in [2.75, 3.05) is 13.1 Å². The standard InChI is InChI=1S/C23H29ClN2O2/c1-3-4-15-25-23(28)18(2)26(16-14-19-10-6-5-7-11-19)22(27)17-20-12-8-9-13-21(20)24/h5-13,18H,3-4,14-17H2,1-2H3,(H,25,28)/t18-/m1/s1. The van der Waals surface area contributed by atoms with E-state index in [1.54, 1.807) is 17.9 Å². The zero-order valence-electron chi connectivity index (χ0n) is 16.7. The van der Waals surface area contributed by atoms with Crippen LogP contribution in [-0.4, -0.2) is 35.8 Å². The number of carbonyl (C=O) groups excluding carboxylic acids is 2. The molecule has 0 unspecified atom stereocenters. The summed E-state index contributed by atoms with van der Waals surface area (Å²) in [7, 11) is 0. The van der Waals surface area contributed by atoms with Gasteiger partial charge in [0.2, 0.25) is 11.8 Å². The monoisotopic (exact) mass is 400 g/mol. The minimum absolute atomic E-state index is 0.0952. The maximum atomic E-state index is 13.0. The molecule has 0 spiro atoms. The van der Waals surface area contributed by atoms with Crippen molar-refractivity contribution >= 4 is 23.4 Å². The van der Waals surface area contributed by atoms with E-state index in [9.17, 15) is 9.59 Å². The van der Waals surface area contributed by atoms with Crippen LogP contribution in [0.4, 0.5) is 0 Å². The second-order valence-electron chi connectivity index (χ2n) is 6.91. The fraction of sp³-hybridized carbons (Fsp3) is 0.391. The second-order valence-corrected chi connectivity index (χ2v) is 7.32. The molecule has 0 saturated carbocycles. The van der Waals surface area contributed by atoms with E-state index in [1.165, 1.54) is 0 Å². The van der Waals surface area contributed by atoms with Crippen LogP contribution in [0, 0.1) is 0 Å². The zero-order valence-corrected chi connectivity index (χ0v) is 17.4. The van der Waals surface area contributed by atoms with Crippen LogP contribution in [0.2, 0.25) is 5.02 Å². The minimum Gasteiger partial charge on any atom is -0.354 e. The molecule has 2 rings (SSSR count). The van der Waals surface area contributed by atoms with E-state index in [2.05, 4.69) is 12.2 Å². The smallest absolute Gasteiger partial charge is 0.242 e. The summed E-state index contributed by atoms with van der Waals surface area (Å²) in [5.41, 5.74) is 1.91. The van der Waals surface area contributed by atoms with Gasteiger partial charge in [0.25, 0.3) is 0 Å². The lowest BCUT2D eigenvalue weighted by molar-refractivity contribution is -0.139. The minimum atomic E-state index is -0.532. The van der Waals surface area contributed by atoms with Crippen molar-refractivity contribution in [1.29, 1.82) is 0 Å². The van der Waals surface area contributed by atoms with Crippen LogP contribution in [0.3, 0.4) is 0 Å². The summed E-state index contributed by atoms with van der Waals surface area (Å²) in [5.74, 6) is -0.212. The number of hydrogen-bond acceptors (Lipinski definition) is 2. The summed E-state index contributed by atoms with van der Waals surface area (Å²) in [6.07, 6.45) is 2.82. The Balaban J connectivity index is 2.10. The molecule has 0 heterocycles. The molecule has 28 heavy (non-hydrogen) atoms. The first-order chi connectivity index (χ1) is 13.5. The predicted octanol–water partition coefficient (Wildman–Crippen LogP) is 4.26. The first-order valence-corrected chi connectivity index (χ1v) is 10.2. The fourth-order valence-corrected chi connectivity index (χ4v) is 3.21. The quantitative estimate of drug-likeness (QED) is 0.606. The third-order valence-corrected chi connectivity index (χ3v) is 5.15. The van der Waals surface area contributed by atoms with Gasteiger partial charge >= 0.3 is 0 Å². The Morgan fingerprint density at radius 2 is 1.75 bits per heavy atom. The molecular weight excluding hydrogens is 372 g/mol. The van der Waals surface area contributed by atoms with Crippen LogP contribution in [0.5, 0.6) is 0 Å². The Hall–Kier alpha value is -2.33. The van der Waals surface area contributed by atoms with Crippen molar-refractivity contribution in [3.8, 4) is 0 Å². The van der Waals surface area contributed by atoms with Crippen molar-refractivity contribution in [1.82, 2.24) is 10.2 Å². The summed E-state index contributed by atoms with van der Waals surface area (Å²) in [5, 5.41) is 3.50. The summed E-state index contributed by atoms with van der Waals surface area (Å²) in [6.45, 7) is 4.98. The molecule has 0 aliphatic heterocycles. The molecular formula is C23H29ClN2O2. The molecule has 4 nitrogen and oxygen atoms in total. The third kappa shape index (κ3) is 6.68. The Bertz CT molecular complexity index is 764. The SMILES string of the molecule is CCCCNC(=O)[C@@H](C)N(CCc1ccccc1)C(=O)Cc1ccccc1Cl. The molecule has 0 aliphatic rings. The number of rotatable bonds is 10. The van der Waals surface area contributed by atoms with Gasteiger partial charge in [0.1, 0.15) is 6.04 Å². The lowest BCUT2D eigenvalue weighted by Gasteiger charge is -2.29. The van der Waals surface area contributed by atoms with Gasteiger partial charge in [0, 0.05) is 18.1 Å². The first kappa shape index (κ1) is 22.0. The maximum absolute atomic E-state index is 13.0. The van der Waals surface area contributed by atoms with E-state index in [0.29, 0.717) is 24.5 Å². The fourth-order valence-electron chi connectivity index (χ4n) is 3.01. The lowest BCUT2D eigenvalue weighted by Crippen LogP contribution is -2.49. The molecule has 0 aromatic heterocycles. The highest BCUT2D eigenvalue weighted by molar-refractivity contribution is 6.31. The van der Waals surface area contributed by atoms with Gasteiger partial charge in [-0.15, -0.1) is 0 Å². The molecule has 0 saturated heterocycles. The normalized spacial score (nSPS) is 11.7. The van der Waals surface area contributed by atoms with E-state index in [-0.39, 0.29) is 18.2 Å². The Morgan fingerprint density at radius 1 is 1.07 bits per heavy atom. The molecule has 0 fully saturated rings. The van der Waals surface area contributed by atoms with Crippen LogP contribution in [-0.2, 0) is 22.4 Å². The molecule has 5 heteroatoms. The van der Waals surface area contributed by atoms with E-state index in [0.717, 1.165) is 24.0 Å². The Morgan fingerprint density at radius 3 is 2.43 bits per heavy atom. The van der Waals surface area contributed by atoms with E-state index in [1.807, 2.05) is 48.5 Å². The van der Waals surface area contributed by atoms with E-state index < -0.39 is 6.04 Å². The van der Waals surface area contributed by atoms with Gasteiger partial charge in [-0.2, -0.15) is 0 Å². The molecule has 0 radical (unpaired) electrons. The van der Waals surface area contributed by atoms with Gasteiger partial charge < -0.3 is 10.2 Å². The van der Waals surface area contributed by atoms with Gasteiger partial charge in [0.15, 0.2) is 0 Å². The van der Waals surface area contributed by atoms with Gasteiger partial charge in [-0.05, 0) is 37.0 Å². The van der Waals surface area contributed by atoms with Gasteiger partial charge in [0.05, 0.1) is 6.42 Å². The average molecular weight is 401 g/mol. The van der Waals surface area contributed by atoms with Crippen molar-refractivity contribution in [3.63, 3.8) is 0 Å². The number of hydrogen-bond donors (Lipinski definition) is 1. The number of carbonyl (C=O) groups is 2. The van der Waals surface area contributed by atoms with Gasteiger partial charge in [-0.25, -0.2) is 0 Å². The van der Waals surface area contributed by atoms with Crippen LogP contribution in [0.15, 0.2) is 54.6 Å². The molecule has 2 aromatic carbocycles. The molecule has 150 valence electrons. The van der Waals surface area contributed by atoms with Crippen molar-refractivity contribution in [2.24, 2.45) is 0 Å². The summed E-state index contributed by atoms with van der Waals surface area (Å²) < 4.78 is 0. The molecule has 0 aliphatic carbocycles. The number of benzene rings is 2. The van der Waals surface area contributed by atoms with Crippen LogP contribution in [0.1, 0.15) is 37.8 Å². The lowest BCUT2D eigenvalue weighted by atomic mass is 10.1. The van der Waals surface area contributed by atoms with Gasteiger partial charge in [-0.3, -0.25) is 9.59 Å². The first-order valence-electron chi connectivity index (χ1n) is 9.87. The van der Waals surface area contributed by atoms with Crippen molar-refractivity contribution in [3.05, 3.63) is 70.7 Å². The Labute approximate surface area is 172 Å². The highest BCUT2D eigenvalue weighted by atomic mass is 35.5. The van der Waals surface area contributed by atoms with Crippen LogP contribution >= 0.6 is 11.6 Å². The third-order valence-electron chi connectivity index (χ3n) is 4.78. The topological polar surface area (TPSA) is 49.4 Å². The maximum Gasteiger partial charge on any atom is 0.242 e. The number of halogens is 1. The summed E-state index contributed by atoms with van der Waals surface area (Å²) in [6, 6.07) is 16.8. The van der Waals surface area contributed by atoms with E-state index >= 15 is 0 Å². The molecule has 2 amide bonds. The van der Waals surface area contributed by atoms with E-state index in [4.69, 9.17) is 11.6 Å². The Kier molecular flexibility index (Phi) is 9.02. The molecule has 1 atom stereocenters. The largest absolute Gasteiger partial charge is 0.354 e. The van der Waals surface area contributed by atoms with Crippen molar-refractivity contribution < 1.29 is 9.59 Å². The van der Waals surface area contributed by atoms with Crippen LogP contribution < -0.4 is 5.32 Å². The summed E-state index contributed by atoms with van der Waals surface area (Å²) in [4.78, 5) is 27.3. The average Bonchev–Trinajstić information content (AvgIpc) is 2.70. The zero-order chi connectivity index (χ0) is 20.4. The molecule has 2 aromatic rings. The highest BCUT2D eigenvalue weighted by Gasteiger charge is 2.26. The van der Waals surface area contributed by atoms with Crippen LogP contribution in [0.25, 0.3) is 0 Å². The highest BCUT2D eigenvalue weighted by Crippen LogP contribution is 2.17. The molecule has 1 N–H and O–H groups in total. The number of nitrogens with zero attached hydrogens (tertiary/aromatic N) is 1. The summed E-state index contributed by atoms with van der Waals surface area (Å²) >= 11 is 6.22. The van der Waals surface area contributed by atoms with Gasteiger partial charge in [-0.1, -0.05) is 73.5 Å².